The fourth-order valence-corrected chi connectivity index (χ4v) is 4.46. The third kappa shape index (κ3) is 4.19. The van der Waals surface area contributed by atoms with E-state index >= 15 is 0 Å². The molecule has 0 spiro atoms. The van der Waals surface area contributed by atoms with E-state index in [-0.39, 0.29) is 10.9 Å². The minimum Gasteiger partial charge on any atom is -0.316 e. The molecule has 2 rings (SSSR count). The number of hydrogen-bond acceptors (Lipinski definition) is 3. The number of rotatable bonds is 6. The van der Waals surface area contributed by atoms with Crippen LogP contribution in [0.4, 0.5) is 0 Å². The highest BCUT2D eigenvalue weighted by atomic mass is 35.5. The molecule has 21 heavy (non-hydrogen) atoms. The van der Waals surface area contributed by atoms with Crippen LogP contribution in [0.5, 0.6) is 0 Å². The molecule has 1 aliphatic rings. The summed E-state index contributed by atoms with van der Waals surface area (Å²) < 4.78 is 27.8. The van der Waals surface area contributed by atoms with Gasteiger partial charge in [0.1, 0.15) is 0 Å². The van der Waals surface area contributed by atoms with Gasteiger partial charge >= 0.3 is 0 Å². The quantitative estimate of drug-likeness (QED) is 0.843. The maximum Gasteiger partial charge on any atom is 0.240 e. The number of benzene rings is 1. The van der Waals surface area contributed by atoms with Crippen LogP contribution in [0.3, 0.4) is 0 Å². The molecule has 4 nitrogen and oxygen atoms in total. The van der Waals surface area contributed by atoms with Crippen molar-refractivity contribution in [3.05, 3.63) is 28.8 Å². The molecule has 1 atom stereocenters. The van der Waals surface area contributed by atoms with Crippen LogP contribution in [0.1, 0.15) is 38.2 Å². The maximum absolute atomic E-state index is 12.5. The third-order valence-corrected chi connectivity index (χ3v) is 6.07. The van der Waals surface area contributed by atoms with Crippen LogP contribution in [0.2, 0.25) is 5.02 Å². The van der Waals surface area contributed by atoms with Gasteiger partial charge in [0.25, 0.3) is 0 Å². The summed E-state index contributed by atoms with van der Waals surface area (Å²) in [7, 11) is -1.69. The Morgan fingerprint density at radius 2 is 2.00 bits per heavy atom. The number of nitrogens with one attached hydrogen (secondary N) is 2. The lowest BCUT2D eigenvalue weighted by Gasteiger charge is -2.20. The van der Waals surface area contributed by atoms with Gasteiger partial charge in [-0.15, -0.1) is 0 Å². The van der Waals surface area contributed by atoms with Crippen LogP contribution in [0, 0.1) is 5.92 Å². The molecule has 0 amide bonds. The largest absolute Gasteiger partial charge is 0.316 e. The highest BCUT2D eigenvalue weighted by Crippen LogP contribution is 2.28. The highest BCUT2D eigenvalue weighted by molar-refractivity contribution is 7.89. The zero-order chi connectivity index (χ0) is 15.5. The molecule has 1 aliphatic carbocycles. The van der Waals surface area contributed by atoms with Crippen LogP contribution in [0.25, 0.3) is 0 Å². The smallest absolute Gasteiger partial charge is 0.240 e. The van der Waals surface area contributed by atoms with E-state index in [4.69, 9.17) is 11.6 Å². The standard InChI is InChI=1S/C15H23ClN2O2S/c1-11(12-5-3-4-6-12)18-21(19,20)14-7-8-15(16)13(9-14)10-17-2/h7-9,11-12,17-18H,3-6,10H2,1-2H3. The van der Waals surface area contributed by atoms with Crippen LogP contribution in [0.15, 0.2) is 23.1 Å². The monoisotopic (exact) mass is 330 g/mol. The molecule has 1 unspecified atom stereocenters. The summed E-state index contributed by atoms with van der Waals surface area (Å²) in [6.45, 7) is 2.50. The molecule has 0 saturated heterocycles. The van der Waals surface area contributed by atoms with Gasteiger partial charge in [-0.3, -0.25) is 0 Å². The SMILES string of the molecule is CNCc1cc(S(=O)(=O)NC(C)C2CCCC2)ccc1Cl. The summed E-state index contributed by atoms with van der Waals surface area (Å²) in [6, 6.07) is 4.82. The van der Waals surface area contributed by atoms with Gasteiger partial charge in [-0.25, -0.2) is 13.1 Å². The van der Waals surface area contributed by atoms with E-state index in [0.29, 0.717) is 17.5 Å². The van der Waals surface area contributed by atoms with Crippen molar-refractivity contribution in [3.8, 4) is 0 Å². The van der Waals surface area contributed by atoms with E-state index in [1.54, 1.807) is 25.2 Å². The lowest BCUT2D eigenvalue weighted by Crippen LogP contribution is -2.37. The van der Waals surface area contributed by atoms with Crippen molar-refractivity contribution >= 4 is 21.6 Å². The molecule has 1 aromatic carbocycles. The lowest BCUT2D eigenvalue weighted by molar-refractivity contribution is 0.424. The van der Waals surface area contributed by atoms with Gasteiger partial charge in [-0.05, 0) is 56.5 Å². The second-order valence-corrected chi connectivity index (χ2v) is 7.86. The van der Waals surface area contributed by atoms with Gasteiger partial charge < -0.3 is 5.32 Å². The zero-order valence-electron chi connectivity index (χ0n) is 12.5. The average Bonchev–Trinajstić information content (AvgIpc) is 2.95. The summed E-state index contributed by atoms with van der Waals surface area (Å²) in [5, 5.41) is 3.57. The summed E-state index contributed by atoms with van der Waals surface area (Å²) in [6.07, 6.45) is 4.61. The summed E-state index contributed by atoms with van der Waals surface area (Å²) in [4.78, 5) is 0.280. The Morgan fingerprint density at radius 3 is 2.62 bits per heavy atom. The van der Waals surface area contributed by atoms with Gasteiger partial charge in [-0.1, -0.05) is 24.4 Å². The predicted octanol–water partition coefficient (Wildman–Crippen LogP) is 2.92. The number of hydrogen-bond donors (Lipinski definition) is 2. The molecule has 6 heteroatoms. The minimum absolute atomic E-state index is 0.0269. The van der Waals surface area contributed by atoms with Crippen molar-refractivity contribution in [1.29, 1.82) is 0 Å². The van der Waals surface area contributed by atoms with Crippen LogP contribution in [-0.4, -0.2) is 21.5 Å². The minimum atomic E-state index is -3.49. The molecule has 0 radical (unpaired) electrons. The van der Waals surface area contributed by atoms with E-state index in [9.17, 15) is 8.42 Å². The van der Waals surface area contributed by atoms with Gasteiger partial charge in [0, 0.05) is 17.6 Å². The normalized spacial score (nSPS) is 18.0. The Balaban J connectivity index is 2.16. The first kappa shape index (κ1) is 16.7. The molecule has 0 aromatic heterocycles. The fourth-order valence-electron chi connectivity index (χ4n) is 2.91. The Labute approximate surface area is 132 Å². The van der Waals surface area contributed by atoms with Crippen LogP contribution >= 0.6 is 11.6 Å². The van der Waals surface area contributed by atoms with Crippen molar-refractivity contribution in [1.82, 2.24) is 10.0 Å². The van der Waals surface area contributed by atoms with Gasteiger partial charge in [0.15, 0.2) is 0 Å². The number of sulfonamides is 1. The first-order valence-electron chi connectivity index (χ1n) is 7.39. The van der Waals surface area contributed by atoms with Crippen molar-refractivity contribution < 1.29 is 8.42 Å². The third-order valence-electron chi connectivity index (χ3n) is 4.14. The van der Waals surface area contributed by atoms with E-state index in [1.165, 1.54) is 12.8 Å². The van der Waals surface area contributed by atoms with Gasteiger partial charge in [0.2, 0.25) is 10.0 Å². The van der Waals surface area contributed by atoms with Crippen molar-refractivity contribution in [2.45, 2.75) is 50.1 Å². The Bertz CT molecular complexity index is 583. The molecule has 1 saturated carbocycles. The Hall–Kier alpha value is -0.620. The zero-order valence-corrected chi connectivity index (χ0v) is 14.1. The molecule has 2 N–H and O–H groups in total. The molecule has 1 fully saturated rings. The molecule has 1 aromatic rings. The van der Waals surface area contributed by atoms with Gasteiger partial charge in [0.05, 0.1) is 4.90 Å². The van der Waals surface area contributed by atoms with Crippen molar-refractivity contribution in [2.75, 3.05) is 7.05 Å². The second kappa shape index (κ2) is 7.09. The van der Waals surface area contributed by atoms with E-state index < -0.39 is 10.0 Å². The molecule has 0 heterocycles. The first-order valence-corrected chi connectivity index (χ1v) is 9.25. The molecule has 118 valence electrons. The fraction of sp³-hybridized carbons (Fsp3) is 0.600. The molecular weight excluding hydrogens is 308 g/mol. The Kier molecular flexibility index (Phi) is 5.66. The molecular formula is C15H23ClN2O2S. The Morgan fingerprint density at radius 1 is 1.33 bits per heavy atom. The van der Waals surface area contributed by atoms with E-state index in [1.807, 2.05) is 6.92 Å². The second-order valence-electron chi connectivity index (χ2n) is 5.74. The summed E-state index contributed by atoms with van der Waals surface area (Å²) >= 11 is 6.08. The number of halogens is 1. The lowest BCUT2D eigenvalue weighted by atomic mass is 10.0. The summed E-state index contributed by atoms with van der Waals surface area (Å²) in [5.74, 6) is 0.448. The summed E-state index contributed by atoms with van der Waals surface area (Å²) in [5.41, 5.74) is 0.788. The van der Waals surface area contributed by atoms with Crippen molar-refractivity contribution in [2.24, 2.45) is 5.92 Å². The first-order chi connectivity index (χ1) is 9.94. The highest BCUT2D eigenvalue weighted by Gasteiger charge is 2.26. The average molecular weight is 331 g/mol. The van der Waals surface area contributed by atoms with E-state index in [2.05, 4.69) is 10.0 Å². The van der Waals surface area contributed by atoms with Crippen LogP contribution in [-0.2, 0) is 16.6 Å². The molecule has 0 aliphatic heterocycles. The van der Waals surface area contributed by atoms with Crippen LogP contribution < -0.4 is 10.0 Å². The van der Waals surface area contributed by atoms with Crippen molar-refractivity contribution in [3.63, 3.8) is 0 Å². The van der Waals surface area contributed by atoms with E-state index in [0.717, 1.165) is 18.4 Å². The van der Waals surface area contributed by atoms with Gasteiger partial charge in [-0.2, -0.15) is 0 Å². The predicted molar refractivity (Wildman–Crippen MR) is 86.0 cm³/mol. The topological polar surface area (TPSA) is 58.2 Å². The maximum atomic E-state index is 12.5. The molecule has 0 bridgehead atoms.